The zero-order chi connectivity index (χ0) is 8.10. The van der Waals surface area contributed by atoms with Crippen LogP contribution in [0.15, 0.2) is 22.2 Å². The minimum atomic E-state index is 1.11. The highest BCUT2D eigenvalue weighted by Crippen LogP contribution is 2.29. The fourth-order valence-corrected chi connectivity index (χ4v) is 1.81. The van der Waals surface area contributed by atoms with Crippen molar-refractivity contribution in [2.45, 2.75) is 25.7 Å². The lowest BCUT2D eigenvalue weighted by atomic mass is 9.99. The summed E-state index contributed by atoms with van der Waals surface area (Å²) in [5.74, 6) is 0. The zero-order valence-electron chi connectivity index (χ0n) is 6.31. The molecule has 1 aliphatic carbocycles. The molecule has 0 aliphatic heterocycles. The van der Waals surface area contributed by atoms with Gasteiger partial charge >= 0.3 is 0 Å². The third kappa shape index (κ3) is 2.51. The topological polar surface area (TPSA) is 23.8 Å². The van der Waals surface area contributed by atoms with E-state index in [2.05, 4.69) is 15.9 Å². The molecule has 1 aliphatic rings. The predicted molar refractivity (Wildman–Crippen MR) is 49.2 cm³/mol. The molecular weight excluding hydrogens is 202 g/mol. The van der Waals surface area contributed by atoms with E-state index >= 15 is 0 Å². The molecule has 2 heteroatoms. The zero-order valence-corrected chi connectivity index (χ0v) is 7.89. The third-order valence-corrected chi connectivity index (χ3v) is 2.71. The summed E-state index contributed by atoms with van der Waals surface area (Å²) in [6.45, 7) is 0. The van der Waals surface area contributed by atoms with Crippen molar-refractivity contribution in [1.82, 2.24) is 0 Å². The van der Waals surface area contributed by atoms with Crippen molar-refractivity contribution in [3.05, 3.63) is 22.2 Å². The van der Waals surface area contributed by atoms with Gasteiger partial charge in [0.1, 0.15) is 0 Å². The maximum absolute atomic E-state index is 8.31. The van der Waals surface area contributed by atoms with Gasteiger partial charge in [0.05, 0.1) is 6.07 Å². The van der Waals surface area contributed by atoms with Crippen molar-refractivity contribution in [2.75, 3.05) is 0 Å². The minimum absolute atomic E-state index is 1.11. The highest BCUT2D eigenvalue weighted by molar-refractivity contribution is 9.11. The number of nitrogens with zero attached hydrogens (tertiary/aromatic N) is 1. The van der Waals surface area contributed by atoms with Crippen LogP contribution in [0, 0.1) is 11.3 Å². The van der Waals surface area contributed by atoms with E-state index in [0.29, 0.717) is 0 Å². The molecule has 0 bridgehead atoms. The van der Waals surface area contributed by atoms with Crippen LogP contribution in [0.4, 0.5) is 0 Å². The Bertz CT molecular complexity index is 232. The lowest BCUT2D eigenvalue weighted by Gasteiger charge is -2.12. The Balaban J connectivity index is 2.68. The lowest BCUT2D eigenvalue weighted by molar-refractivity contribution is 0.707. The van der Waals surface area contributed by atoms with Crippen molar-refractivity contribution in [1.29, 1.82) is 5.26 Å². The fourth-order valence-electron chi connectivity index (χ4n) is 1.20. The molecule has 0 aromatic carbocycles. The fraction of sp³-hybridized carbons (Fsp3) is 0.444. The van der Waals surface area contributed by atoms with Crippen LogP contribution in [-0.4, -0.2) is 0 Å². The highest BCUT2D eigenvalue weighted by atomic mass is 79.9. The minimum Gasteiger partial charge on any atom is -0.193 e. The van der Waals surface area contributed by atoms with E-state index in [1.807, 2.05) is 12.1 Å². The summed E-state index contributed by atoms with van der Waals surface area (Å²) in [7, 11) is 0. The number of rotatable bonds is 1. The summed E-state index contributed by atoms with van der Waals surface area (Å²) < 4.78 is 1.27. The molecule has 11 heavy (non-hydrogen) atoms. The van der Waals surface area contributed by atoms with E-state index < -0.39 is 0 Å². The van der Waals surface area contributed by atoms with Crippen LogP contribution in [0.25, 0.3) is 0 Å². The molecular formula is C9H10BrN. The van der Waals surface area contributed by atoms with Gasteiger partial charge in [-0.2, -0.15) is 5.26 Å². The lowest BCUT2D eigenvalue weighted by Crippen LogP contribution is -1.92. The molecule has 0 aromatic heterocycles. The first-order valence-electron chi connectivity index (χ1n) is 3.78. The van der Waals surface area contributed by atoms with E-state index in [9.17, 15) is 0 Å². The first-order valence-corrected chi connectivity index (χ1v) is 4.57. The molecule has 0 aromatic rings. The van der Waals surface area contributed by atoms with Crippen molar-refractivity contribution in [3.8, 4) is 6.07 Å². The number of hydrogen-bond donors (Lipinski definition) is 0. The Kier molecular flexibility index (Phi) is 3.38. The second kappa shape index (κ2) is 4.35. The first kappa shape index (κ1) is 8.55. The van der Waals surface area contributed by atoms with Crippen molar-refractivity contribution < 1.29 is 0 Å². The summed E-state index contributed by atoms with van der Waals surface area (Å²) in [5.41, 5.74) is 1.29. The van der Waals surface area contributed by atoms with Crippen LogP contribution in [-0.2, 0) is 0 Å². The Labute approximate surface area is 75.5 Å². The summed E-state index contributed by atoms with van der Waals surface area (Å²) in [5, 5.41) is 8.31. The second-order valence-corrected chi connectivity index (χ2v) is 3.56. The van der Waals surface area contributed by atoms with Crippen LogP contribution in [0.5, 0.6) is 0 Å². The average molecular weight is 212 g/mol. The van der Waals surface area contributed by atoms with E-state index in [1.54, 1.807) is 6.08 Å². The highest BCUT2D eigenvalue weighted by Gasteiger charge is 2.06. The molecule has 0 amide bonds. The Morgan fingerprint density at radius 1 is 1.36 bits per heavy atom. The molecule has 0 saturated carbocycles. The van der Waals surface area contributed by atoms with Gasteiger partial charge in [0.2, 0.25) is 0 Å². The van der Waals surface area contributed by atoms with Crippen LogP contribution in [0.1, 0.15) is 25.7 Å². The first-order chi connectivity index (χ1) is 5.34. The second-order valence-electron chi connectivity index (χ2n) is 2.60. The van der Waals surface area contributed by atoms with E-state index in [1.165, 1.54) is 22.9 Å². The predicted octanol–water partition coefficient (Wildman–Crippen LogP) is 3.29. The summed E-state index contributed by atoms with van der Waals surface area (Å²) in [6, 6.07) is 2.00. The summed E-state index contributed by atoms with van der Waals surface area (Å²) in [6.07, 6.45) is 8.21. The molecule has 0 heterocycles. The van der Waals surface area contributed by atoms with Gasteiger partial charge < -0.3 is 0 Å². The van der Waals surface area contributed by atoms with Gasteiger partial charge in [0.15, 0.2) is 0 Å². The smallest absolute Gasteiger partial charge is 0.0912 e. The quantitative estimate of drug-likeness (QED) is 0.611. The maximum Gasteiger partial charge on any atom is 0.0912 e. The van der Waals surface area contributed by atoms with Crippen molar-refractivity contribution >= 4 is 15.9 Å². The van der Waals surface area contributed by atoms with E-state index in [0.717, 1.165) is 12.8 Å². The van der Waals surface area contributed by atoms with Gasteiger partial charge in [-0.05, 0) is 41.8 Å². The molecule has 0 N–H and O–H groups in total. The Morgan fingerprint density at radius 2 is 2.09 bits per heavy atom. The van der Waals surface area contributed by atoms with Gasteiger partial charge in [-0.25, -0.2) is 0 Å². The molecule has 0 spiro atoms. The van der Waals surface area contributed by atoms with Crippen LogP contribution >= 0.6 is 15.9 Å². The Morgan fingerprint density at radius 3 is 2.73 bits per heavy atom. The van der Waals surface area contributed by atoms with Gasteiger partial charge in [-0.15, -0.1) is 0 Å². The van der Waals surface area contributed by atoms with E-state index in [4.69, 9.17) is 5.26 Å². The molecule has 0 atom stereocenters. The molecule has 1 rings (SSSR count). The van der Waals surface area contributed by atoms with Crippen molar-refractivity contribution in [3.63, 3.8) is 0 Å². The molecule has 0 fully saturated rings. The number of nitriles is 1. The van der Waals surface area contributed by atoms with Crippen LogP contribution in [0.3, 0.4) is 0 Å². The third-order valence-electron chi connectivity index (χ3n) is 1.80. The monoisotopic (exact) mass is 211 g/mol. The van der Waals surface area contributed by atoms with Gasteiger partial charge in [-0.1, -0.05) is 15.9 Å². The molecule has 0 radical (unpaired) electrons. The number of allylic oxidation sites excluding steroid dienone is 4. The summed E-state index contributed by atoms with van der Waals surface area (Å²) >= 11 is 3.50. The van der Waals surface area contributed by atoms with Gasteiger partial charge in [0.25, 0.3) is 0 Å². The van der Waals surface area contributed by atoms with Crippen molar-refractivity contribution in [2.24, 2.45) is 0 Å². The SMILES string of the molecule is N#C/C=C/C1=C(Br)CCCC1. The average Bonchev–Trinajstić information content (AvgIpc) is 2.03. The maximum atomic E-state index is 8.31. The molecule has 1 nitrogen and oxygen atoms in total. The van der Waals surface area contributed by atoms with Crippen LogP contribution in [0.2, 0.25) is 0 Å². The molecule has 58 valence electrons. The van der Waals surface area contributed by atoms with E-state index in [-0.39, 0.29) is 0 Å². The Hall–Kier alpha value is -0.550. The normalized spacial score (nSPS) is 18.9. The number of halogens is 1. The standard InChI is InChI=1S/C9H10BrN/c10-9-6-2-1-4-8(9)5-3-7-11/h3,5H,1-2,4,6H2/b5-3+. The molecule has 0 unspecified atom stereocenters. The number of hydrogen-bond acceptors (Lipinski definition) is 1. The van der Waals surface area contributed by atoms with Crippen LogP contribution < -0.4 is 0 Å². The largest absolute Gasteiger partial charge is 0.193 e. The summed E-state index contributed by atoms with van der Waals surface area (Å²) in [4.78, 5) is 0. The van der Waals surface area contributed by atoms with Gasteiger partial charge in [0, 0.05) is 6.08 Å². The molecule has 0 saturated heterocycles. The van der Waals surface area contributed by atoms with Gasteiger partial charge in [-0.3, -0.25) is 0 Å².